The molecule has 4 rings (SSSR count). The first-order chi connectivity index (χ1) is 12.2. The number of hydrogen-bond donors (Lipinski definition) is 1. The van der Waals surface area contributed by atoms with E-state index >= 15 is 0 Å². The quantitative estimate of drug-likeness (QED) is 0.928. The Balaban J connectivity index is 1.56. The minimum absolute atomic E-state index is 0.0408. The molecule has 2 heterocycles. The highest BCUT2D eigenvalue weighted by atomic mass is 16.5. The zero-order valence-corrected chi connectivity index (χ0v) is 14.6. The van der Waals surface area contributed by atoms with Crippen LogP contribution in [0.25, 0.3) is 5.82 Å². The standard InChI is InChI=1S/C19H24N4O2/c1-25-15-7-5-14(6-8-15)21-19(24)18-16-4-2-3-13(16)11-17(22-18)23-10-9-20-12-23/h9-12,14-15H,2-8H2,1H3,(H,21,24). The van der Waals surface area contributed by atoms with Gasteiger partial charge in [0.15, 0.2) is 0 Å². The van der Waals surface area contributed by atoms with Crippen LogP contribution in [0.15, 0.2) is 24.8 Å². The lowest BCUT2D eigenvalue weighted by Gasteiger charge is -2.28. The highest BCUT2D eigenvalue weighted by molar-refractivity contribution is 5.94. The average Bonchev–Trinajstić information content (AvgIpc) is 3.32. The molecule has 2 aromatic heterocycles. The highest BCUT2D eigenvalue weighted by Crippen LogP contribution is 2.27. The zero-order valence-electron chi connectivity index (χ0n) is 14.6. The van der Waals surface area contributed by atoms with E-state index in [0.717, 1.165) is 56.3 Å². The summed E-state index contributed by atoms with van der Waals surface area (Å²) in [6, 6.07) is 2.31. The van der Waals surface area contributed by atoms with Gasteiger partial charge in [-0.05, 0) is 62.1 Å². The summed E-state index contributed by atoms with van der Waals surface area (Å²) in [5.74, 6) is 0.729. The molecule has 0 saturated heterocycles. The van der Waals surface area contributed by atoms with Crippen LogP contribution in [0.5, 0.6) is 0 Å². The molecule has 6 nitrogen and oxygen atoms in total. The van der Waals surface area contributed by atoms with E-state index in [-0.39, 0.29) is 11.9 Å². The van der Waals surface area contributed by atoms with Crippen LogP contribution in [0.2, 0.25) is 0 Å². The Bertz CT molecular complexity index is 749. The molecule has 0 unspecified atom stereocenters. The van der Waals surface area contributed by atoms with Crippen molar-refractivity contribution in [3.8, 4) is 5.82 Å². The number of amides is 1. The summed E-state index contributed by atoms with van der Waals surface area (Å²) in [5.41, 5.74) is 2.95. The molecule has 2 aliphatic carbocycles. The van der Waals surface area contributed by atoms with E-state index in [9.17, 15) is 4.79 Å². The number of hydrogen-bond acceptors (Lipinski definition) is 4. The molecule has 2 aromatic rings. The number of nitrogens with zero attached hydrogens (tertiary/aromatic N) is 3. The van der Waals surface area contributed by atoms with Gasteiger partial charge in [0.25, 0.3) is 5.91 Å². The number of ether oxygens (including phenoxy) is 1. The molecule has 1 saturated carbocycles. The van der Waals surface area contributed by atoms with Crippen molar-refractivity contribution in [2.45, 2.75) is 57.1 Å². The number of carbonyl (C=O) groups is 1. The summed E-state index contributed by atoms with van der Waals surface area (Å²) >= 11 is 0. The average molecular weight is 340 g/mol. The van der Waals surface area contributed by atoms with Crippen molar-refractivity contribution in [1.82, 2.24) is 19.9 Å². The fraction of sp³-hybridized carbons (Fsp3) is 0.526. The van der Waals surface area contributed by atoms with Crippen molar-refractivity contribution in [1.29, 1.82) is 0 Å². The summed E-state index contributed by atoms with van der Waals surface area (Å²) in [5, 5.41) is 3.20. The van der Waals surface area contributed by atoms with E-state index in [0.29, 0.717) is 11.8 Å². The molecule has 0 atom stereocenters. The number of imidazole rings is 1. The molecule has 132 valence electrons. The molecule has 0 bridgehead atoms. The number of pyridine rings is 1. The van der Waals surface area contributed by atoms with Crippen LogP contribution in [0.4, 0.5) is 0 Å². The Morgan fingerprint density at radius 2 is 2.12 bits per heavy atom. The molecule has 0 aliphatic heterocycles. The first-order valence-corrected chi connectivity index (χ1v) is 9.09. The largest absolute Gasteiger partial charge is 0.381 e. The second-order valence-electron chi connectivity index (χ2n) is 6.97. The molecule has 1 N–H and O–H groups in total. The summed E-state index contributed by atoms with van der Waals surface area (Å²) in [6.45, 7) is 0. The lowest BCUT2D eigenvalue weighted by molar-refractivity contribution is 0.0598. The first-order valence-electron chi connectivity index (χ1n) is 9.09. The van der Waals surface area contributed by atoms with E-state index in [1.54, 1.807) is 19.6 Å². The van der Waals surface area contributed by atoms with Gasteiger partial charge in [0.05, 0.1) is 6.10 Å². The van der Waals surface area contributed by atoms with E-state index in [1.807, 2.05) is 10.8 Å². The Morgan fingerprint density at radius 3 is 2.84 bits per heavy atom. The molecule has 6 heteroatoms. The van der Waals surface area contributed by atoms with Crippen LogP contribution in [0.1, 0.15) is 53.7 Å². The number of aromatic nitrogens is 3. The van der Waals surface area contributed by atoms with E-state index in [4.69, 9.17) is 4.74 Å². The molecule has 25 heavy (non-hydrogen) atoms. The number of nitrogens with one attached hydrogen (secondary N) is 1. The Morgan fingerprint density at radius 1 is 1.28 bits per heavy atom. The minimum atomic E-state index is -0.0408. The van der Waals surface area contributed by atoms with Crippen molar-refractivity contribution in [3.63, 3.8) is 0 Å². The Kier molecular flexibility index (Phi) is 4.53. The maximum atomic E-state index is 12.9. The lowest BCUT2D eigenvalue weighted by Crippen LogP contribution is -2.39. The third-order valence-corrected chi connectivity index (χ3v) is 5.40. The normalized spacial score (nSPS) is 22.6. The van der Waals surface area contributed by atoms with Crippen LogP contribution in [-0.4, -0.2) is 39.7 Å². The van der Waals surface area contributed by atoms with Crippen LogP contribution in [0, 0.1) is 0 Å². The van der Waals surface area contributed by atoms with Gasteiger partial charge in [0.1, 0.15) is 17.8 Å². The van der Waals surface area contributed by atoms with E-state index in [1.165, 1.54) is 5.56 Å². The van der Waals surface area contributed by atoms with Gasteiger partial charge in [-0.3, -0.25) is 9.36 Å². The summed E-state index contributed by atoms with van der Waals surface area (Å²) in [4.78, 5) is 21.7. The fourth-order valence-electron chi connectivity index (χ4n) is 3.98. The van der Waals surface area contributed by atoms with Crippen molar-refractivity contribution in [2.75, 3.05) is 7.11 Å². The molecule has 0 spiro atoms. The van der Waals surface area contributed by atoms with Gasteiger partial charge < -0.3 is 10.1 Å². The van der Waals surface area contributed by atoms with Gasteiger partial charge in [-0.15, -0.1) is 0 Å². The van der Waals surface area contributed by atoms with Crippen molar-refractivity contribution < 1.29 is 9.53 Å². The molecule has 2 aliphatic rings. The lowest BCUT2D eigenvalue weighted by atomic mass is 9.93. The van der Waals surface area contributed by atoms with Gasteiger partial charge >= 0.3 is 0 Å². The third-order valence-electron chi connectivity index (χ3n) is 5.40. The molecular formula is C19H24N4O2. The monoisotopic (exact) mass is 340 g/mol. The molecule has 1 fully saturated rings. The van der Waals surface area contributed by atoms with Gasteiger partial charge in [-0.2, -0.15) is 0 Å². The highest BCUT2D eigenvalue weighted by Gasteiger charge is 2.26. The minimum Gasteiger partial charge on any atom is -0.381 e. The Labute approximate surface area is 147 Å². The van der Waals surface area contributed by atoms with Gasteiger partial charge in [-0.1, -0.05) is 0 Å². The SMILES string of the molecule is COC1CCC(NC(=O)c2nc(-n3ccnc3)cc3c2CCC3)CC1. The Hall–Kier alpha value is -2.21. The summed E-state index contributed by atoms with van der Waals surface area (Å²) in [7, 11) is 1.76. The summed E-state index contributed by atoms with van der Waals surface area (Å²) < 4.78 is 7.27. The van der Waals surface area contributed by atoms with Crippen LogP contribution >= 0.6 is 0 Å². The zero-order chi connectivity index (χ0) is 17.2. The molecule has 0 radical (unpaired) electrons. The van der Waals surface area contributed by atoms with E-state index in [2.05, 4.69) is 21.4 Å². The van der Waals surface area contributed by atoms with Crippen molar-refractivity contribution >= 4 is 5.91 Å². The predicted molar refractivity (Wildman–Crippen MR) is 93.9 cm³/mol. The molecular weight excluding hydrogens is 316 g/mol. The maximum absolute atomic E-state index is 12.9. The van der Waals surface area contributed by atoms with Gasteiger partial charge in [0.2, 0.25) is 0 Å². The van der Waals surface area contributed by atoms with Gasteiger partial charge in [0, 0.05) is 25.5 Å². The summed E-state index contributed by atoms with van der Waals surface area (Å²) in [6.07, 6.45) is 12.6. The smallest absolute Gasteiger partial charge is 0.270 e. The number of fused-ring (bicyclic) bond motifs is 1. The molecule has 0 aromatic carbocycles. The molecule has 1 amide bonds. The first kappa shape index (κ1) is 16.3. The van der Waals surface area contributed by atoms with E-state index < -0.39 is 0 Å². The van der Waals surface area contributed by atoms with Gasteiger partial charge in [-0.25, -0.2) is 9.97 Å². The third kappa shape index (κ3) is 3.31. The predicted octanol–water partition coefficient (Wildman–Crippen LogP) is 2.44. The van der Waals surface area contributed by atoms with Crippen molar-refractivity contribution in [3.05, 3.63) is 41.6 Å². The van der Waals surface area contributed by atoms with Crippen LogP contribution in [-0.2, 0) is 17.6 Å². The van der Waals surface area contributed by atoms with Crippen molar-refractivity contribution in [2.24, 2.45) is 0 Å². The number of aryl methyl sites for hydroxylation is 1. The van der Waals surface area contributed by atoms with Crippen LogP contribution in [0.3, 0.4) is 0 Å². The second kappa shape index (κ2) is 6.96. The topological polar surface area (TPSA) is 69.0 Å². The number of rotatable bonds is 4. The second-order valence-corrected chi connectivity index (χ2v) is 6.97. The maximum Gasteiger partial charge on any atom is 0.270 e. The van der Waals surface area contributed by atoms with Crippen LogP contribution < -0.4 is 5.32 Å². The number of methoxy groups -OCH3 is 1. The number of carbonyl (C=O) groups excluding carboxylic acids is 1. The fourth-order valence-corrected chi connectivity index (χ4v) is 3.98.